The summed E-state index contributed by atoms with van der Waals surface area (Å²) < 4.78 is 0. The van der Waals surface area contributed by atoms with Gasteiger partial charge in [0.2, 0.25) is 0 Å². The van der Waals surface area contributed by atoms with Crippen molar-refractivity contribution >= 4 is 11.3 Å². The molecule has 1 aromatic rings. The standard InChI is InChI=1S/C18H32N2S/c1-13(2)9-19-10-18-8-17(16(5)21-18)12-20-11-14(3)6-7-15(20)4/h8,13-15,19H,6-7,9-12H2,1-5H3. The van der Waals surface area contributed by atoms with Crippen molar-refractivity contribution in [3.63, 3.8) is 0 Å². The number of hydrogen-bond acceptors (Lipinski definition) is 3. The molecule has 120 valence electrons. The van der Waals surface area contributed by atoms with Crippen LogP contribution in [0.4, 0.5) is 0 Å². The molecule has 0 aromatic carbocycles. The average molecular weight is 309 g/mol. The SMILES string of the molecule is Cc1sc(CNCC(C)C)cc1CN1CC(C)CCC1C. The largest absolute Gasteiger partial charge is 0.312 e. The fourth-order valence-corrected chi connectivity index (χ4v) is 4.16. The molecule has 1 fully saturated rings. The van der Waals surface area contributed by atoms with Crippen LogP contribution in [0.1, 0.15) is 55.9 Å². The Morgan fingerprint density at radius 3 is 2.81 bits per heavy atom. The zero-order valence-corrected chi connectivity index (χ0v) is 15.2. The second-order valence-corrected chi connectivity index (χ2v) is 8.62. The molecule has 2 heterocycles. The predicted octanol–water partition coefficient (Wildman–Crippen LogP) is 4.42. The second kappa shape index (κ2) is 7.75. The van der Waals surface area contributed by atoms with Gasteiger partial charge in [0, 0.05) is 35.4 Å². The van der Waals surface area contributed by atoms with E-state index in [0.29, 0.717) is 0 Å². The lowest BCUT2D eigenvalue weighted by Crippen LogP contribution is -2.40. The van der Waals surface area contributed by atoms with Crippen molar-refractivity contribution in [1.29, 1.82) is 0 Å². The van der Waals surface area contributed by atoms with Crippen molar-refractivity contribution in [2.75, 3.05) is 13.1 Å². The van der Waals surface area contributed by atoms with Gasteiger partial charge in [-0.1, -0.05) is 20.8 Å². The predicted molar refractivity (Wildman–Crippen MR) is 93.9 cm³/mol. The lowest BCUT2D eigenvalue weighted by atomic mass is 9.94. The van der Waals surface area contributed by atoms with Crippen LogP contribution in [0.15, 0.2) is 6.07 Å². The van der Waals surface area contributed by atoms with Gasteiger partial charge in [-0.2, -0.15) is 0 Å². The highest BCUT2D eigenvalue weighted by Gasteiger charge is 2.23. The van der Waals surface area contributed by atoms with Crippen LogP contribution >= 0.6 is 11.3 Å². The Balaban J connectivity index is 1.92. The molecule has 2 unspecified atom stereocenters. The summed E-state index contributed by atoms with van der Waals surface area (Å²) in [5, 5.41) is 3.56. The molecule has 1 aliphatic heterocycles. The Labute approximate surface area is 134 Å². The normalized spacial score (nSPS) is 23.9. The first-order valence-electron chi connectivity index (χ1n) is 8.48. The Bertz CT molecular complexity index is 438. The molecule has 1 N–H and O–H groups in total. The third-order valence-electron chi connectivity index (χ3n) is 4.54. The molecule has 0 radical (unpaired) electrons. The quantitative estimate of drug-likeness (QED) is 0.836. The molecule has 0 amide bonds. The third kappa shape index (κ3) is 5.08. The van der Waals surface area contributed by atoms with Crippen molar-refractivity contribution in [2.45, 2.75) is 66.6 Å². The number of hydrogen-bond donors (Lipinski definition) is 1. The molecule has 2 rings (SSSR count). The summed E-state index contributed by atoms with van der Waals surface area (Å²) in [5.41, 5.74) is 1.54. The minimum Gasteiger partial charge on any atom is -0.312 e. The van der Waals surface area contributed by atoms with Crippen molar-refractivity contribution in [3.05, 3.63) is 21.4 Å². The van der Waals surface area contributed by atoms with Gasteiger partial charge >= 0.3 is 0 Å². The fraction of sp³-hybridized carbons (Fsp3) is 0.778. The van der Waals surface area contributed by atoms with Crippen LogP contribution in [0, 0.1) is 18.8 Å². The number of likely N-dealkylation sites (tertiary alicyclic amines) is 1. The van der Waals surface area contributed by atoms with E-state index in [1.54, 1.807) is 5.56 Å². The van der Waals surface area contributed by atoms with E-state index in [9.17, 15) is 0 Å². The second-order valence-electron chi connectivity index (χ2n) is 7.28. The summed E-state index contributed by atoms with van der Waals surface area (Å²) >= 11 is 1.97. The lowest BCUT2D eigenvalue weighted by molar-refractivity contribution is 0.117. The van der Waals surface area contributed by atoms with Gasteiger partial charge < -0.3 is 5.32 Å². The molecule has 2 nitrogen and oxygen atoms in total. The first-order valence-corrected chi connectivity index (χ1v) is 9.30. The van der Waals surface area contributed by atoms with Crippen LogP contribution in [0.2, 0.25) is 0 Å². The van der Waals surface area contributed by atoms with Gasteiger partial charge in [0.1, 0.15) is 0 Å². The van der Waals surface area contributed by atoms with E-state index in [1.807, 2.05) is 11.3 Å². The smallest absolute Gasteiger partial charge is 0.0300 e. The number of thiophene rings is 1. The van der Waals surface area contributed by atoms with Crippen LogP contribution in [-0.2, 0) is 13.1 Å². The van der Waals surface area contributed by atoms with E-state index < -0.39 is 0 Å². The maximum Gasteiger partial charge on any atom is 0.0300 e. The zero-order chi connectivity index (χ0) is 15.4. The van der Waals surface area contributed by atoms with Crippen LogP contribution in [0.25, 0.3) is 0 Å². The van der Waals surface area contributed by atoms with Gasteiger partial charge in [0.25, 0.3) is 0 Å². The van der Waals surface area contributed by atoms with E-state index in [1.165, 1.54) is 29.1 Å². The summed E-state index contributed by atoms with van der Waals surface area (Å²) in [6, 6.07) is 3.17. The van der Waals surface area contributed by atoms with Crippen molar-refractivity contribution in [2.24, 2.45) is 11.8 Å². The minimum absolute atomic E-state index is 0.723. The number of nitrogens with one attached hydrogen (secondary N) is 1. The Hall–Kier alpha value is -0.380. The lowest BCUT2D eigenvalue weighted by Gasteiger charge is -2.36. The number of aryl methyl sites for hydroxylation is 1. The monoisotopic (exact) mass is 308 g/mol. The van der Waals surface area contributed by atoms with E-state index >= 15 is 0 Å². The molecule has 1 aliphatic rings. The molecule has 21 heavy (non-hydrogen) atoms. The Morgan fingerprint density at radius 2 is 2.10 bits per heavy atom. The molecule has 0 saturated carbocycles. The summed E-state index contributed by atoms with van der Waals surface area (Å²) in [4.78, 5) is 5.66. The molecular weight excluding hydrogens is 276 g/mol. The molecule has 1 saturated heterocycles. The topological polar surface area (TPSA) is 15.3 Å². The van der Waals surface area contributed by atoms with Gasteiger partial charge in [0.15, 0.2) is 0 Å². The first-order chi connectivity index (χ1) is 9.95. The van der Waals surface area contributed by atoms with Crippen molar-refractivity contribution in [1.82, 2.24) is 10.2 Å². The van der Waals surface area contributed by atoms with Gasteiger partial charge in [-0.05, 0) is 56.7 Å². The Kier molecular flexibility index (Phi) is 6.27. The number of rotatable bonds is 6. The van der Waals surface area contributed by atoms with Gasteiger partial charge in [0.05, 0.1) is 0 Å². The molecule has 1 aromatic heterocycles. The third-order valence-corrected chi connectivity index (χ3v) is 5.64. The fourth-order valence-electron chi connectivity index (χ4n) is 3.13. The van der Waals surface area contributed by atoms with E-state index in [4.69, 9.17) is 0 Å². The highest BCUT2D eigenvalue weighted by Crippen LogP contribution is 2.27. The van der Waals surface area contributed by atoms with E-state index in [2.05, 4.69) is 50.9 Å². The summed E-state index contributed by atoms with van der Waals surface area (Å²) in [5.74, 6) is 1.58. The van der Waals surface area contributed by atoms with Gasteiger partial charge in [-0.25, -0.2) is 0 Å². The Morgan fingerprint density at radius 1 is 1.33 bits per heavy atom. The summed E-state index contributed by atoms with van der Waals surface area (Å²) in [6.07, 6.45) is 2.75. The maximum atomic E-state index is 3.56. The number of nitrogens with zero attached hydrogens (tertiary/aromatic N) is 1. The molecule has 0 bridgehead atoms. The first kappa shape index (κ1) is 17.0. The molecular formula is C18H32N2S. The highest BCUT2D eigenvalue weighted by atomic mass is 32.1. The average Bonchev–Trinajstić information content (AvgIpc) is 2.74. The number of piperidine rings is 1. The van der Waals surface area contributed by atoms with E-state index in [-0.39, 0.29) is 0 Å². The van der Waals surface area contributed by atoms with Crippen molar-refractivity contribution in [3.8, 4) is 0 Å². The zero-order valence-electron chi connectivity index (χ0n) is 14.4. The van der Waals surface area contributed by atoms with Crippen LogP contribution in [0.3, 0.4) is 0 Å². The maximum absolute atomic E-state index is 3.56. The van der Waals surface area contributed by atoms with Crippen molar-refractivity contribution < 1.29 is 0 Å². The summed E-state index contributed by atoms with van der Waals surface area (Å²) in [6.45, 7) is 16.1. The molecule has 0 spiro atoms. The highest BCUT2D eigenvalue weighted by molar-refractivity contribution is 7.12. The molecule has 2 atom stereocenters. The molecule has 3 heteroatoms. The van der Waals surface area contributed by atoms with Gasteiger partial charge in [-0.3, -0.25) is 4.90 Å². The van der Waals surface area contributed by atoms with Crippen LogP contribution in [0.5, 0.6) is 0 Å². The molecule has 0 aliphatic carbocycles. The summed E-state index contributed by atoms with van der Waals surface area (Å²) in [7, 11) is 0. The minimum atomic E-state index is 0.723. The van der Waals surface area contributed by atoms with E-state index in [0.717, 1.165) is 37.5 Å². The van der Waals surface area contributed by atoms with Gasteiger partial charge in [-0.15, -0.1) is 11.3 Å². The van der Waals surface area contributed by atoms with Crippen LogP contribution < -0.4 is 5.32 Å². The van der Waals surface area contributed by atoms with Crippen LogP contribution in [-0.4, -0.2) is 24.0 Å².